The Morgan fingerprint density at radius 1 is 1.26 bits per heavy atom. The summed E-state index contributed by atoms with van der Waals surface area (Å²) < 4.78 is 18.7. The van der Waals surface area contributed by atoms with E-state index in [1.54, 1.807) is 30.3 Å². The molecule has 0 heterocycles. The van der Waals surface area contributed by atoms with Crippen molar-refractivity contribution < 1.29 is 9.13 Å². The molecule has 0 amide bonds. The minimum atomic E-state index is -0.379. The summed E-state index contributed by atoms with van der Waals surface area (Å²) in [5.41, 5.74) is 5.94. The van der Waals surface area contributed by atoms with Gasteiger partial charge in [0.1, 0.15) is 11.6 Å². The molecule has 0 saturated carbocycles. The van der Waals surface area contributed by atoms with Gasteiger partial charge in [-0.05, 0) is 42.5 Å². The third-order valence-electron chi connectivity index (χ3n) is 2.22. The first-order valence-corrected chi connectivity index (χ1v) is 6.12. The summed E-state index contributed by atoms with van der Waals surface area (Å²) in [5.74, 6) is 0.437. The fourth-order valence-electron chi connectivity index (χ4n) is 1.48. The van der Waals surface area contributed by atoms with Crippen LogP contribution in [0.15, 0.2) is 42.5 Å². The number of nitrogens with one attached hydrogen (secondary N) is 1. The van der Waals surface area contributed by atoms with Crippen LogP contribution in [0.2, 0.25) is 5.02 Å². The highest BCUT2D eigenvalue weighted by atomic mass is 35.5. The number of rotatable bonds is 3. The van der Waals surface area contributed by atoms with Crippen LogP contribution < -0.4 is 15.8 Å². The second-order valence-corrected chi connectivity index (χ2v) is 4.57. The van der Waals surface area contributed by atoms with E-state index < -0.39 is 0 Å². The van der Waals surface area contributed by atoms with E-state index in [1.807, 2.05) is 0 Å². The normalized spacial score (nSPS) is 10.0. The van der Waals surface area contributed by atoms with Crippen LogP contribution in [0.25, 0.3) is 0 Å². The molecule has 19 heavy (non-hydrogen) atoms. The fourth-order valence-corrected chi connectivity index (χ4v) is 1.76. The summed E-state index contributed by atoms with van der Waals surface area (Å²) in [4.78, 5) is 0. The molecule has 0 bridgehead atoms. The van der Waals surface area contributed by atoms with Crippen LogP contribution >= 0.6 is 23.8 Å². The lowest BCUT2D eigenvalue weighted by molar-refractivity contribution is 0.479. The first-order chi connectivity index (χ1) is 9.04. The Morgan fingerprint density at radius 3 is 2.74 bits per heavy atom. The highest BCUT2D eigenvalue weighted by molar-refractivity contribution is 7.80. The zero-order chi connectivity index (χ0) is 13.8. The van der Waals surface area contributed by atoms with Crippen LogP contribution in [-0.4, -0.2) is 5.11 Å². The molecule has 0 fully saturated rings. The maximum atomic E-state index is 13.1. The molecule has 0 aliphatic rings. The molecular formula is C13H10ClFN2OS. The van der Waals surface area contributed by atoms with Gasteiger partial charge in [0, 0.05) is 11.1 Å². The number of anilines is 1. The predicted octanol–water partition coefficient (Wildman–Crippen LogP) is 3.93. The molecule has 6 heteroatoms. The maximum Gasteiger partial charge on any atom is 0.168 e. The van der Waals surface area contributed by atoms with Gasteiger partial charge in [-0.3, -0.25) is 0 Å². The lowest BCUT2D eigenvalue weighted by Crippen LogP contribution is -2.19. The van der Waals surface area contributed by atoms with Crippen molar-refractivity contribution in [3.05, 3.63) is 53.3 Å². The first kappa shape index (κ1) is 13.6. The quantitative estimate of drug-likeness (QED) is 0.843. The molecule has 0 aliphatic carbocycles. The molecule has 0 aliphatic heterocycles. The van der Waals surface area contributed by atoms with E-state index in [9.17, 15) is 4.39 Å². The molecule has 0 atom stereocenters. The molecule has 3 nitrogen and oxygen atoms in total. The zero-order valence-electron chi connectivity index (χ0n) is 9.69. The van der Waals surface area contributed by atoms with Gasteiger partial charge in [-0.2, -0.15) is 0 Å². The van der Waals surface area contributed by atoms with Gasteiger partial charge >= 0.3 is 0 Å². The van der Waals surface area contributed by atoms with Gasteiger partial charge in [0.2, 0.25) is 0 Å². The minimum Gasteiger partial charge on any atom is -0.455 e. The summed E-state index contributed by atoms with van der Waals surface area (Å²) in [5, 5.41) is 3.35. The van der Waals surface area contributed by atoms with Crippen LogP contribution in [0.3, 0.4) is 0 Å². The smallest absolute Gasteiger partial charge is 0.168 e. The van der Waals surface area contributed by atoms with Gasteiger partial charge in [0.05, 0.1) is 5.69 Å². The summed E-state index contributed by atoms with van der Waals surface area (Å²) in [7, 11) is 0. The maximum absolute atomic E-state index is 13.1. The second kappa shape index (κ2) is 5.86. The Bertz CT molecular complexity index is 621. The SMILES string of the molecule is NC(=S)Nc1cc(Cl)ccc1Oc1cccc(F)c1. The third-order valence-corrected chi connectivity index (χ3v) is 2.56. The molecule has 2 aromatic rings. The van der Waals surface area contributed by atoms with Crippen molar-refractivity contribution in [2.45, 2.75) is 0 Å². The highest BCUT2D eigenvalue weighted by Gasteiger charge is 2.07. The number of hydrogen-bond acceptors (Lipinski definition) is 2. The van der Waals surface area contributed by atoms with E-state index in [0.717, 1.165) is 0 Å². The van der Waals surface area contributed by atoms with E-state index >= 15 is 0 Å². The van der Waals surface area contributed by atoms with Crippen molar-refractivity contribution in [2.24, 2.45) is 5.73 Å². The van der Waals surface area contributed by atoms with Crippen LogP contribution in [-0.2, 0) is 0 Å². The van der Waals surface area contributed by atoms with Gasteiger partial charge in [-0.1, -0.05) is 17.7 Å². The van der Waals surface area contributed by atoms with E-state index in [4.69, 9.17) is 34.3 Å². The molecule has 0 unspecified atom stereocenters. The van der Waals surface area contributed by atoms with E-state index in [1.165, 1.54) is 12.1 Å². The van der Waals surface area contributed by atoms with Gasteiger partial charge in [-0.15, -0.1) is 0 Å². The highest BCUT2D eigenvalue weighted by Crippen LogP contribution is 2.32. The zero-order valence-corrected chi connectivity index (χ0v) is 11.3. The second-order valence-electron chi connectivity index (χ2n) is 3.69. The number of halogens is 2. The molecule has 2 rings (SSSR count). The molecule has 0 spiro atoms. The van der Waals surface area contributed by atoms with Crippen LogP contribution in [0.4, 0.5) is 10.1 Å². The van der Waals surface area contributed by atoms with Gasteiger partial charge in [0.25, 0.3) is 0 Å². The molecule has 2 aromatic carbocycles. The monoisotopic (exact) mass is 296 g/mol. The van der Waals surface area contributed by atoms with E-state index in [-0.39, 0.29) is 10.9 Å². The summed E-state index contributed by atoms with van der Waals surface area (Å²) in [6.45, 7) is 0. The molecule has 0 saturated heterocycles. The van der Waals surface area contributed by atoms with Crippen molar-refractivity contribution in [2.75, 3.05) is 5.32 Å². The van der Waals surface area contributed by atoms with Crippen molar-refractivity contribution in [1.29, 1.82) is 0 Å². The number of thiocarbonyl (C=S) groups is 1. The largest absolute Gasteiger partial charge is 0.455 e. The number of hydrogen-bond donors (Lipinski definition) is 2. The summed E-state index contributed by atoms with van der Waals surface area (Å²) in [6.07, 6.45) is 0. The average molecular weight is 297 g/mol. The summed E-state index contributed by atoms with van der Waals surface area (Å²) in [6, 6.07) is 10.7. The van der Waals surface area contributed by atoms with Gasteiger partial charge in [0.15, 0.2) is 10.9 Å². The topological polar surface area (TPSA) is 47.3 Å². The van der Waals surface area contributed by atoms with E-state index in [2.05, 4.69) is 5.32 Å². The Labute approximate surface area is 120 Å². The van der Waals surface area contributed by atoms with Crippen molar-refractivity contribution in [3.63, 3.8) is 0 Å². The lowest BCUT2D eigenvalue weighted by Gasteiger charge is -2.12. The van der Waals surface area contributed by atoms with Crippen molar-refractivity contribution >= 4 is 34.6 Å². The standard InChI is InChI=1S/C13H10ClFN2OS/c14-8-4-5-12(11(6-8)17-13(16)19)18-10-3-1-2-9(15)7-10/h1-7H,(H3,16,17,19). The average Bonchev–Trinajstić information content (AvgIpc) is 2.32. The van der Waals surface area contributed by atoms with Crippen molar-refractivity contribution in [3.8, 4) is 11.5 Å². The summed E-state index contributed by atoms with van der Waals surface area (Å²) >= 11 is 10.7. The van der Waals surface area contributed by atoms with Crippen LogP contribution in [0.5, 0.6) is 11.5 Å². The van der Waals surface area contributed by atoms with Gasteiger partial charge < -0.3 is 15.8 Å². The Kier molecular flexibility index (Phi) is 4.19. The molecule has 98 valence electrons. The molecular weight excluding hydrogens is 287 g/mol. The lowest BCUT2D eigenvalue weighted by atomic mass is 10.3. The Morgan fingerprint density at radius 2 is 2.05 bits per heavy atom. The molecule has 0 aromatic heterocycles. The minimum absolute atomic E-state index is 0.0892. The Balaban J connectivity index is 2.31. The third kappa shape index (κ3) is 3.81. The molecule has 0 radical (unpaired) electrons. The van der Waals surface area contributed by atoms with Crippen molar-refractivity contribution in [1.82, 2.24) is 0 Å². The van der Waals surface area contributed by atoms with Crippen LogP contribution in [0, 0.1) is 5.82 Å². The molecule has 3 N–H and O–H groups in total. The first-order valence-electron chi connectivity index (χ1n) is 5.34. The fraction of sp³-hybridized carbons (Fsp3) is 0. The Hall–Kier alpha value is -1.85. The number of nitrogens with two attached hydrogens (primary N) is 1. The van der Waals surface area contributed by atoms with Gasteiger partial charge in [-0.25, -0.2) is 4.39 Å². The van der Waals surface area contributed by atoms with E-state index in [0.29, 0.717) is 22.2 Å². The predicted molar refractivity (Wildman–Crippen MR) is 78.3 cm³/mol. The number of benzene rings is 2. The van der Waals surface area contributed by atoms with Crippen LogP contribution in [0.1, 0.15) is 0 Å². The number of ether oxygens (including phenoxy) is 1.